The van der Waals surface area contributed by atoms with E-state index in [1.54, 1.807) is 6.33 Å². The van der Waals surface area contributed by atoms with Crippen molar-refractivity contribution in [3.63, 3.8) is 0 Å². The summed E-state index contributed by atoms with van der Waals surface area (Å²) in [5.74, 6) is 1.84. The van der Waals surface area contributed by atoms with Gasteiger partial charge < -0.3 is 10.3 Å². The second-order valence-electron chi connectivity index (χ2n) is 6.98. The Morgan fingerprint density at radius 2 is 2.09 bits per heavy atom. The molecule has 5 nitrogen and oxygen atoms in total. The number of hydrogen-bond donors (Lipinski definition) is 3. The Bertz CT molecular complexity index is 693. The van der Waals surface area contributed by atoms with Crippen molar-refractivity contribution in [2.24, 2.45) is 5.92 Å². The Balaban J connectivity index is 1.58. The number of nitrogens with zero attached hydrogens (tertiary/aromatic N) is 2. The van der Waals surface area contributed by atoms with E-state index in [0.29, 0.717) is 9.97 Å². The molecule has 0 aliphatic heterocycles. The zero-order chi connectivity index (χ0) is 15.6. The average Bonchev–Trinajstić information content (AvgIpc) is 2.95. The van der Waals surface area contributed by atoms with E-state index in [2.05, 4.69) is 26.5 Å². The fraction of sp³-hybridized carbons (Fsp3) is 0.647. The van der Waals surface area contributed by atoms with Crippen LogP contribution in [0.1, 0.15) is 50.5 Å². The predicted octanol–water partition coefficient (Wildman–Crippen LogP) is 4.76. The van der Waals surface area contributed by atoms with Crippen molar-refractivity contribution in [1.29, 1.82) is 3.56 Å². The van der Waals surface area contributed by atoms with Gasteiger partial charge in [0.25, 0.3) is 0 Å². The van der Waals surface area contributed by atoms with E-state index in [9.17, 15) is 0 Å². The number of rotatable bonds is 5. The SMILES string of the molecule is N=IC1CCC[C@@H](Nc2ncnc3[nH]cc(CC4CCC4)c23)C1. The molecule has 4 rings (SSSR count). The van der Waals surface area contributed by atoms with Gasteiger partial charge in [0.15, 0.2) is 0 Å². The third kappa shape index (κ3) is 3.27. The molecular formula is C17H24IN5. The topological polar surface area (TPSA) is 77.5 Å². The number of aromatic amines is 1. The maximum absolute atomic E-state index is 7.76. The Kier molecular flexibility index (Phi) is 4.59. The lowest BCUT2D eigenvalue weighted by atomic mass is 9.81. The molecule has 3 N–H and O–H groups in total. The van der Waals surface area contributed by atoms with E-state index in [1.165, 1.54) is 49.5 Å². The minimum absolute atomic E-state index is 0.385. The molecule has 0 bridgehead atoms. The molecule has 2 fully saturated rings. The molecular weight excluding hydrogens is 401 g/mol. The molecule has 23 heavy (non-hydrogen) atoms. The van der Waals surface area contributed by atoms with Crippen LogP contribution < -0.4 is 5.32 Å². The van der Waals surface area contributed by atoms with Crippen LogP contribution in [0.3, 0.4) is 0 Å². The van der Waals surface area contributed by atoms with Crippen LogP contribution in [0.25, 0.3) is 11.0 Å². The standard InChI is InChI=1S/C17H24IN5/c19-18-13-5-2-6-14(8-13)23-17-15-12(7-11-3-1-4-11)9-20-16(15)21-10-22-17/h9-11,13-14,19H,1-8H2,(H2,20,21,22,23)/t13?,14-/m1/s1. The van der Waals surface area contributed by atoms with E-state index < -0.39 is 0 Å². The third-order valence-corrected chi connectivity index (χ3v) is 7.40. The van der Waals surface area contributed by atoms with E-state index in [1.807, 2.05) is 0 Å². The molecule has 2 atom stereocenters. The van der Waals surface area contributed by atoms with Crippen LogP contribution in [0.5, 0.6) is 0 Å². The molecule has 0 radical (unpaired) electrons. The summed E-state index contributed by atoms with van der Waals surface area (Å²) in [7, 11) is 0. The zero-order valence-corrected chi connectivity index (χ0v) is 15.5. The maximum Gasteiger partial charge on any atom is 0.143 e. The molecule has 2 aliphatic rings. The summed E-state index contributed by atoms with van der Waals surface area (Å²) in [4.78, 5) is 12.3. The fourth-order valence-electron chi connectivity index (χ4n) is 3.86. The van der Waals surface area contributed by atoms with Crippen molar-refractivity contribution in [3.8, 4) is 0 Å². The highest BCUT2D eigenvalue weighted by Crippen LogP contribution is 2.35. The lowest BCUT2D eigenvalue weighted by Gasteiger charge is -2.28. The van der Waals surface area contributed by atoms with Gasteiger partial charge in [-0.25, -0.2) is 9.97 Å². The van der Waals surface area contributed by atoms with Gasteiger partial charge in [-0.2, -0.15) is 0 Å². The van der Waals surface area contributed by atoms with Crippen molar-refractivity contribution in [2.75, 3.05) is 5.32 Å². The van der Waals surface area contributed by atoms with Crippen molar-refractivity contribution >= 4 is 37.9 Å². The number of H-pyrrole nitrogens is 1. The van der Waals surface area contributed by atoms with Gasteiger partial charge in [-0.1, -0.05) is 25.7 Å². The van der Waals surface area contributed by atoms with Gasteiger partial charge in [-0.05, 0) is 58.2 Å². The zero-order valence-electron chi connectivity index (χ0n) is 13.3. The first-order chi connectivity index (χ1) is 11.3. The highest BCUT2D eigenvalue weighted by atomic mass is 127. The molecule has 0 aromatic carbocycles. The van der Waals surface area contributed by atoms with Gasteiger partial charge in [-0.15, -0.1) is 0 Å². The van der Waals surface area contributed by atoms with Gasteiger partial charge in [0.05, 0.1) is 5.39 Å². The summed E-state index contributed by atoms with van der Waals surface area (Å²) >= 11 is -0.385. The summed E-state index contributed by atoms with van der Waals surface area (Å²) < 4.78 is 8.41. The van der Waals surface area contributed by atoms with Crippen LogP contribution in [0.15, 0.2) is 12.5 Å². The fourth-order valence-corrected chi connectivity index (χ4v) is 5.48. The first-order valence-electron chi connectivity index (χ1n) is 8.70. The van der Waals surface area contributed by atoms with Gasteiger partial charge in [0, 0.05) is 16.2 Å². The Morgan fingerprint density at radius 1 is 1.22 bits per heavy atom. The number of aromatic nitrogens is 3. The van der Waals surface area contributed by atoms with Gasteiger partial charge in [0.2, 0.25) is 0 Å². The third-order valence-electron chi connectivity index (χ3n) is 5.39. The van der Waals surface area contributed by atoms with Crippen LogP contribution in [0, 0.1) is 9.48 Å². The minimum Gasteiger partial charge on any atom is -0.367 e. The maximum atomic E-state index is 7.76. The van der Waals surface area contributed by atoms with Crippen molar-refractivity contribution in [3.05, 3.63) is 18.1 Å². The molecule has 2 heterocycles. The van der Waals surface area contributed by atoms with Crippen LogP contribution in [0.4, 0.5) is 5.82 Å². The molecule has 124 valence electrons. The number of anilines is 1. The summed E-state index contributed by atoms with van der Waals surface area (Å²) in [6, 6.07) is 0.475. The summed E-state index contributed by atoms with van der Waals surface area (Å²) in [6.07, 6.45) is 13.9. The second-order valence-corrected chi connectivity index (χ2v) is 9.36. The molecule has 2 aromatic heterocycles. The van der Waals surface area contributed by atoms with E-state index in [4.69, 9.17) is 3.56 Å². The molecule has 6 heteroatoms. The number of hydrogen-bond acceptors (Lipinski definition) is 4. The molecule has 0 saturated heterocycles. The van der Waals surface area contributed by atoms with Crippen LogP contribution in [-0.4, -0.2) is 24.9 Å². The van der Waals surface area contributed by atoms with Crippen molar-refractivity contribution in [2.45, 2.75) is 61.3 Å². The first kappa shape index (κ1) is 15.5. The molecule has 2 aliphatic carbocycles. The number of fused-ring (bicyclic) bond motifs is 1. The molecule has 0 spiro atoms. The molecule has 2 saturated carbocycles. The monoisotopic (exact) mass is 425 g/mol. The summed E-state index contributed by atoms with van der Waals surface area (Å²) in [6.45, 7) is 0. The van der Waals surface area contributed by atoms with Crippen molar-refractivity contribution < 1.29 is 0 Å². The normalized spacial score (nSPS) is 25.4. The van der Waals surface area contributed by atoms with Gasteiger partial charge in [0.1, 0.15) is 17.8 Å². The van der Waals surface area contributed by atoms with Gasteiger partial charge in [-0.3, -0.25) is 3.56 Å². The molecule has 1 unspecified atom stereocenters. The minimum atomic E-state index is -0.385. The van der Waals surface area contributed by atoms with Gasteiger partial charge >= 0.3 is 0 Å². The van der Waals surface area contributed by atoms with E-state index in [0.717, 1.165) is 30.2 Å². The van der Waals surface area contributed by atoms with Crippen LogP contribution in [0.2, 0.25) is 0 Å². The average molecular weight is 425 g/mol. The summed E-state index contributed by atoms with van der Waals surface area (Å²) in [5.41, 5.74) is 2.32. The van der Waals surface area contributed by atoms with E-state index in [-0.39, 0.29) is 21.0 Å². The Labute approximate surface area is 147 Å². The number of nitrogens with one attached hydrogen (secondary N) is 3. The highest BCUT2D eigenvalue weighted by Gasteiger charge is 2.24. The smallest absolute Gasteiger partial charge is 0.143 e. The number of alkyl halides is 1. The Morgan fingerprint density at radius 3 is 2.87 bits per heavy atom. The predicted molar refractivity (Wildman–Crippen MR) is 101 cm³/mol. The summed E-state index contributed by atoms with van der Waals surface area (Å²) in [5, 5.41) is 4.88. The van der Waals surface area contributed by atoms with Crippen molar-refractivity contribution in [1.82, 2.24) is 15.0 Å². The molecule has 2 aromatic rings. The van der Waals surface area contributed by atoms with Crippen LogP contribution >= 0.6 is 21.0 Å². The van der Waals surface area contributed by atoms with E-state index >= 15 is 0 Å². The van der Waals surface area contributed by atoms with Crippen LogP contribution in [-0.2, 0) is 6.42 Å². The second kappa shape index (κ2) is 6.83. The highest BCUT2D eigenvalue weighted by molar-refractivity contribution is 14.1. The lowest BCUT2D eigenvalue weighted by molar-refractivity contribution is 0.315. The Hall–Kier alpha value is -1.05. The lowest BCUT2D eigenvalue weighted by Crippen LogP contribution is -2.28. The quantitative estimate of drug-likeness (QED) is 0.478. The number of halogens is 1. The first-order valence-corrected chi connectivity index (χ1v) is 11.0. The largest absolute Gasteiger partial charge is 0.367 e. The molecule has 0 amide bonds.